The molecule has 1 fully saturated rings. The number of carbonyl (C=O) groups excluding carboxylic acids is 1. The molecule has 0 bridgehead atoms. The fourth-order valence-corrected chi connectivity index (χ4v) is 3.40. The van der Waals surface area contributed by atoms with Gasteiger partial charge in [-0.15, -0.1) is 0 Å². The van der Waals surface area contributed by atoms with Crippen molar-refractivity contribution in [3.63, 3.8) is 0 Å². The van der Waals surface area contributed by atoms with Crippen molar-refractivity contribution in [2.75, 3.05) is 6.54 Å². The van der Waals surface area contributed by atoms with Gasteiger partial charge in [0.15, 0.2) is 0 Å². The molecule has 0 aromatic carbocycles. The van der Waals surface area contributed by atoms with Gasteiger partial charge >= 0.3 is 12.0 Å². The van der Waals surface area contributed by atoms with Gasteiger partial charge in [0.05, 0.1) is 5.54 Å². The van der Waals surface area contributed by atoms with Gasteiger partial charge in [-0.25, -0.2) is 4.79 Å². The molecule has 2 amide bonds. The van der Waals surface area contributed by atoms with Gasteiger partial charge in [0.25, 0.3) is 0 Å². The molecule has 118 valence electrons. The number of hydrogen-bond acceptors (Lipinski definition) is 2. The molecule has 2 rings (SSSR count). The van der Waals surface area contributed by atoms with Crippen molar-refractivity contribution >= 4 is 12.0 Å². The Balaban J connectivity index is 2.09. The average Bonchev–Trinajstić information content (AvgIpc) is 2.41. The summed E-state index contributed by atoms with van der Waals surface area (Å²) in [5, 5.41) is 11.8. The molecule has 21 heavy (non-hydrogen) atoms. The first-order valence-corrected chi connectivity index (χ1v) is 7.93. The van der Waals surface area contributed by atoms with Crippen LogP contribution >= 0.6 is 0 Å². The number of hydrogen-bond donors (Lipinski definition) is 2. The van der Waals surface area contributed by atoms with Crippen molar-refractivity contribution in [2.24, 2.45) is 5.92 Å². The second-order valence-electron chi connectivity index (χ2n) is 6.67. The molecule has 1 aliphatic heterocycles. The van der Waals surface area contributed by atoms with Gasteiger partial charge in [0, 0.05) is 19.2 Å². The highest BCUT2D eigenvalue weighted by Crippen LogP contribution is 2.37. The highest BCUT2D eigenvalue weighted by Gasteiger charge is 2.36. The zero-order valence-corrected chi connectivity index (χ0v) is 13.0. The minimum atomic E-state index is -0.816. The summed E-state index contributed by atoms with van der Waals surface area (Å²) < 4.78 is 0. The Morgan fingerprint density at radius 2 is 2.05 bits per heavy atom. The van der Waals surface area contributed by atoms with Crippen LogP contribution in [0.4, 0.5) is 4.79 Å². The topological polar surface area (TPSA) is 69.6 Å². The van der Waals surface area contributed by atoms with E-state index in [1.165, 1.54) is 37.7 Å². The van der Waals surface area contributed by atoms with Crippen molar-refractivity contribution in [1.29, 1.82) is 0 Å². The van der Waals surface area contributed by atoms with Gasteiger partial charge in [-0.05, 0) is 44.6 Å². The lowest BCUT2D eigenvalue weighted by molar-refractivity contribution is -0.137. The molecule has 5 nitrogen and oxygen atoms in total. The molecule has 1 heterocycles. The van der Waals surface area contributed by atoms with Crippen LogP contribution in [0.15, 0.2) is 11.8 Å². The predicted molar refractivity (Wildman–Crippen MR) is 80.8 cm³/mol. The zero-order valence-electron chi connectivity index (χ0n) is 13.0. The highest BCUT2D eigenvalue weighted by atomic mass is 16.4. The molecular formula is C16H26N2O3. The number of carboxylic acid groups (broad SMARTS) is 1. The van der Waals surface area contributed by atoms with E-state index >= 15 is 0 Å². The van der Waals surface area contributed by atoms with Crippen molar-refractivity contribution in [3.8, 4) is 0 Å². The van der Waals surface area contributed by atoms with Gasteiger partial charge in [0.1, 0.15) is 0 Å². The van der Waals surface area contributed by atoms with E-state index in [-0.39, 0.29) is 18.0 Å². The SMILES string of the molecule is CC1(C)NC(=O)N(CCCC(=O)O)C=C1C1CCCCC1. The number of urea groups is 1. The van der Waals surface area contributed by atoms with Gasteiger partial charge in [-0.3, -0.25) is 4.79 Å². The van der Waals surface area contributed by atoms with Crippen LogP contribution in [-0.4, -0.2) is 34.1 Å². The average molecular weight is 294 g/mol. The van der Waals surface area contributed by atoms with E-state index in [0.29, 0.717) is 18.9 Å². The Morgan fingerprint density at radius 3 is 2.67 bits per heavy atom. The van der Waals surface area contributed by atoms with Crippen molar-refractivity contribution < 1.29 is 14.7 Å². The third-order valence-corrected chi connectivity index (χ3v) is 4.53. The number of rotatable bonds is 5. The molecule has 5 heteroatoms. The third kappa shape index (κ3) is 3.99. The van der Waals surface area contributed by atoms with E-state index in [1.54, 1.807) is 4.90 Å². The minimum absolute atomic E-state index is 0.0970. The molecule has 0 aromatic rings. The second kappa shape index (κ2) is 6.50. The van der Waals surface area contributed by atoms with Gasteiger partial charge < -0.3 is 15.3 Å². The fraction of sp³-hybridized carbons (Fsp3) is 0.750. The summed E-state index contributed by atoms with van der Waals surface area (Å²) in [6.45, 7) is 4.57. The summed E-state index contributed by atoms with van der Waals surface area (Å²) in [6.07, 6.45) is 8.76. The number of carbonyl (C=O) groups is 2. The quantitative estimate of drug-likeness (QED) is 0.818. The second-order valence-corrected chi connectivity index (χ2v) is 6.67. The minimum Gasteiger partial charge on any atom is -0.481 e. The Morgan fingerprint density at radius 1 is 1.38 bits per heavy atom. The molecule has 0 atom stereocenters. The summed E-state index contributed by atoms with van der Waals surface area (Å²) >= 11 is 0. The Labute approximate surface area is 126 Å². The Bertz CT molecular complexity index is 437. The lowest BCUT2D eigenvalue weighted by atomic mass is 9.76. The molecule has 0 saturated heterocycles. The van der Waals surface area contributed by atoms with Crippen LogP contribution in [0.25, 0.3) is 0 Å². The van der Waals surface area contributed by atoms with E-state index in [4.69, 9.17) is 5.11 Å². The van der Waals surface area contributed by atoms with Crippen LogP contribution < -0.4 is 5.32 Å². The van der Waals surface area contributed by atoms with Gasteiger partial charge in [0.2, 0.25) is 0 Å². The molecule has 0 unspecified atom stereocenters. The maximum Gasteiger partial charge on any atom is 0.322 e. The molecule has 0 aromatic heterocycles. The normalized spacial score (nSPS) is 22.7. The largest absolute Gasteiger partial charge is 0.481 e. The van der Waals surface area contributed by atoms with E-state index in [0.717, 1.165) is 0 Å². The van der Waals surface area contributed by atoms with Crippen molar-refractivity contribution in [2.45, 2.75) is 64.3 Å². The Kier molecular flexibility index (Phi) is 4.91. The smallest absolute Gasteiger partial charge is 0.322 e. The standard InChI is InChI=1S/C16H26N2O3/c1-16(2)13(12-7-4-3-5-8-12)11-18(15(21)17-16)10-6-9-14(19)20/h11-12H,3-10H2,1-2H3,(H,17,21)(H,19,20). The Hall–Kier alpha value is -1.52. The number of amides is 2. The zero-order chi connectivity index (χ0) is 15.5. The first-order chi connectivity index (χ1) is 9.90. The first kappa shape index (κ1) is 15.9. The van der Waals surface area contributed by atoms with Crippen molar-refractivity contribution in [1.82, 2.24) is 10.2 Å². The van der Waals surface area contributed by atoms with Crippen LogP contribution in [-0.2, 0) is 4.79 Å². The number of nitrogens with zero attached hydrogens (tertiary/aromatic N) is 1. The number of aliphatic carboxylic acids is 1. The predicted octanol–water partition coefficient (Wildman–Crippen LogP) is 3.12. The number of carboxylic acids is 1. The maximum atomic E-state index is 12.1. The molecule has 0 radical (unpaired) electrons. The summed E-state index contributed by atoms with van der Waals surface area (Å²) in [5.41, 5.74) is 0.986. The molecular weight excluding hydrogens is 268 g/mol. The summed E-state index contributed by atoms with van der Waals surface area (Å²) in [6, 6.07) is -0.120. The number of nitrogens with one attached hydrogen (secondary N) is 1. The monoisotopic (exact) mass is 294 g/mol. The van der Waals surface area contributed by atoms with Crippen LogP contribution in [0.3, 0.4) is 0 Å². The first-order valence-electron chi connectivity index (χ1n) is 7.93. The van der Waals surface area contributed by atoms with Crippen molar-refractivity contribution in [3.05, 3.63) is 11.8 Å². The third-order valence-electron chi connectivity index (χ3n) is 4.53. The summed E-state index contributed by atoms with van der Waals surface area (Å²) in [5.74, 6) is -0.277. The van der Waals surface area contributed by atoms with E-state index in [9.17, 15) is 9.59 Å². The highest BCUT2D eigenvalue weighted by molar-refractivity contribution is 5.78. The molecule has 1 saturated carbocycles. The molecule has 2 N–H and O–H groups in total. The van der Waals surface area contributed by atoms with E-state index in [2.05, 4.69) is 19.2 Å². The van der Waals surface area contributed by atoms with E-state index < -0.39 is 5.97 Å². The van der Waals surface area contributed by atoms with Gasteiger partial charge in [-0.2, -0.15) is 0 Å². The van der Waals surface area contributed by atoms with Crippen LogP contribution in [0, 0.1) is 5.92 Å². The lowest BCUT2D eigenvalue weighted by Crippen LogP contribution is -2.55. The summed E-state index contributed by atoms with van der Waals surface area (Å²) in [4.78, 5) is 24.4. The molecule has 2 aliphatic rings. The van der Waals surface area contributed by atoms with Crippen LogP contribution in [0.5, 0.6) is 0 Å². The van der Waals surface area contributed by atoms with Crippen LogP contribution in [0.2, 0.25) is 0 Å². The van der Waals surface area contributed by atoms with E-state index in [1.807, 2.05) is 6.20 Å². The van der Waals surface area contributed by atoms with Crippen LogP contribution in [0.1, 0.15) is 58.8 Å². The summed E-state index contributed by atoms with van der Waals surface area (Å²) in [7, 11) is 0. The maximum absolute atomic E-state index is 12.1. The fourth-order valence-electron chi connectivity index (χ4n) is 3.40. The molecule has 0 spiro atoms. The lowest BCUT2D eigenvalue weighted by Gasteiger charge is -2.42. The van der Waals surface area contributed by atoms with Gasteiger partial charge in [-0.1, -0.05) is 19.3 Å². The molecule has 1 aliphatic carbocycles.